The summed E-state index contributed by atoms with van der Waals surface area (Å²) in [6.45, 7) is 2.25. The zero-order chi connectivity index (χ0) is 14.4. The Labute approximate surface area is 116 Å². The van der Waals surface area contributed by atoms with E-state index in [4.69, 9.17) is 9.47 Å². The molecule has 2 rings (SSSR count). The van der Waals surface area contributed by atoms with Gasteiger partial charge in [-0.3, -0.25) is 0 Å². The molecule has 0 fully saturated rings. The average Bonchev–Trinajstić information content (AvgIpc) is 2.46. The lowest BCUT2D eigenvalue weighted by Gasteiger charge is -2.06. The fraction of sp³-hybridized carbons (Fsp3) is 0.200. The lowest BCUT2D eigenvalue weighted by atomic mass is 10.2. The molecule has 0 aliphatic heterocycles. The van der Waals surface area contributed by atoms with Gasteiger partial charge in [-0.05, 0) is 43.3 Å². The van der Waals surface area contributed by atoms with Crippen LogP contribution in [0.3, 0.4) is 0 Å². The summed E-state index contributed by atoms with van der Waals surface area (Å²) >= 11 is 0. The van der Waals surface area contributed by atoms with E-state index < -0.39 is 5.95 Å². The van der Waals surface area contributed by atoms with Gasteiger partial charge in [0, 0.05) is 0 Å². The maximum atomic E-state index is 12.9. The number of ether oxygens (including phenoxy) is 2. The maximum absolute atomic E-state index is 12.9. The number of halogens is 1. The van der Waals surface area contributed by atoms with Crippen molar-refractivity contribution in [2.24, 2.45) is 0 Å². The van der Waals surface area contributed by atoms with Gasteiger partial charge in [0.25, 0.3) is 0 Å². The minimum atomic E-state index is -0.538. The van der Waals surface area contributed by atoms with Gasteiger partial charge >= 0.3 is 5.97 Å². The van der Waals surface area contributed by atoms with Crippen molar-refractivity contribution in [1.29, 1.82) is 0 Å². The van der Waals surface area contributed by atoms with Gasteiger partial charge in [0.15, 0.2) is 0 Å². The van der Waals surface area contributed by atoms with Crippen molar-refractivity contribution >= 4 is 5.97 Å². The third-order valence-electron chi connectivity index (χ3n) is 2.52. The summed E-state index contributed by atoms with van der Waals surface area (Å²) in [7, 11) is 0. The number of carbonyl (C=O) groups is 1. The molecule has 0 aliphatic rings. The van der Waals surface area contributed by atoms with Gasteiger partial charge in [0.05, 0.1) is 17.9 Å². The molecule has 5 heteroatoms. The molecule has 0 amide bonds. The normalized spacial score (nSPS) is 10.1. The minimum Gasteiger partial charge on any atom is -0.487 e. The van der Waals surface area contributed by atoms with Crippen LogP contribution in [0.4, 0.5) is 4.39 Å². The monoisotopic (exact) mass is 275 g/mol. The van der Waals surface area contributed by atoms with Gasteiger partial charge in [0.1, 0.15) is 12.4 Å². The van der Waals surface area contributed by atoms with Crippen LogP contribution in [0.15, 0.2) is 42.5 Å². The zero-order valence-corrected chi connectivity index (χ0v) is 11.0. The fourth-order valence-corrected chi connectivity index (χ4v) is 1.59. The van der Waals surface area contributed by atoms with Crippen LogP contribution in [0.5, 0.6) is 5.75 Å². The van der Waals surface area contributed by atoms with Gasteiger partial charge < -0.3 is 9.47 Å². The molecule has 4 nitrogen and oxygen atoms in total. The van der Waals surface area contributed by atoms with E-state index in [1.165, 1.54) is 6.07 Å². The molecule has 20 heavy (non-hydrogen) atoms. The summed E-state index contributed by atoms with van der Waals surface area (Å²) in [6, 6.07) is 11.1. The highest BCUT2D eigenvalue weighted by Gasteiger charge is 2.06. The molecule has 0 radical (unpaired) electrons. The van der Waals surface area contributed by atoms with Crippen molar-refractivity contribution in [2.75, 3.05) is 6.61 Å². The highest BCUT2D eigenvalue weighted by atomic mass is 19.1. The van der Waals surface area contributed by atoms with Gasteiger partial charge in [-0.2, -0.15) is 4.39 Å². The molecule has 0 bridgehead atoms. The van der Waals surface area contributed by atoms with Crippen molar-refractivity contribution in [3.05, 3.63) is 59.7 Å². The molecule has 2 aromatic rings. The summed E-state index contributed by atoms with van der Waals surface area (Å²) in [6.07, 6.45) is 0. The first-order chi connectivity index (χ1) is 9.69. The predicted octanol–water partition coefficient (Wildman–Crippen LogP) is 2.98. The third kappa shape index (κ3) is 3.78. The van der Waals surface area contributed by atoms with E-state index in [2.05, 4.69) is 4.98 Å². The molecule has 0 N–H and O–H groups in total. The topological polar surface area (TPSA) is 48.4 Å². The highest BCUT2D eigenvalue weighted by Crippen LogP contribution is 2.14. The van der Waals surface area contributed by atoms with Crippen LogP contribution in [-0.2, 0) is 11.3 Å². The summed E-state index contributed by atoms with van der Waals surface area (Å²) in [5, 5.41) is 0. The molecule has 0 saturated heterocycles. The van der Waals surface area contributed by atoms with E-state index in [1.54, 1.807) is 43.3 Å². The number of pyridine rings is 1. The number of hydrogen-bond acceptors (Lipinski definition) is 4. The maximum Gasteiger partial charge on any atom is 0.338 e. The second-order valence-corrected chi connectivity index (χ2v) is 3.99. The Morgan fingerprint density at radius 3 is 2.60 bits per heavy atom. The molecule has 0 saturated carbocycles. The second kappa shape index (κ2) is 6.65. The number of carbonyl (C=O) groups excluding carboxylic acids is 1. The molecule has 0 unspecified atom stereocenters. The Bertz CT molecular complexity index is 584. The SMILES string of the molecule is CCOC(=O)c1ccc(OCc2cccc(F)n2)cc1. The fourth-order valence-electron chi connectivity index (χ4n) is 1.59. The quantitative estimate of drug-likeness (QED) is 0.621. The second-order valence-electron chi connectivity index (χ2n) is 3.99. The molecule has 0 spiro atoms. The van der Waals surface area contributed by atoms with Crippen LogP contribution in [0.2, 0.25) is 0 Å². The van der Waals surface area contributed by atoms with Crippen molar-refractivity contribution in [1.82, 2.24) is 4.98 Å². The number of benzene rings is 1. The Kier molecular flexibility index (Phi) is 4.65. The van der Waals surface area contributed by atoms with Crippen molar-refractivity contribution in [3.63, 3.8) is 0 Å². The first kappa shape index (κ1) is 14.0. The molecule has 1 aromatic heterocycles. The van der Waals surface area contributed by atoms with Crippen molar-refractivity contribution < 1.29 is 18.7 Å². The van der Waals surface area contributed by atoms with Crippen molar-refractivity contribution in [2.45, 2.75) is 13.5 Å². The first-order valence-corrected chi connectivity index (χ1v) is 6.20. The summed E-state index contributed by atoms with van der Waals surface area (Å²) in [4.78, 5) is 15.2. The largest absolute Gasteiger partial charge is 0.487 e. The Morgan fingerprint density at radius 2 is 1.95 bits per heavy atom. The average molecular weight is 275 g/mol. The highest BCUT2D eigenvalue weighted by molar-refractivity contribution is 5.89. The van der Waals surface area contributed by atoms with E-state index in [0.29, 0.717) is 23.6 Å². The minimum absolute atomic E-state index is 0.163. The van der Waals surface area contributed by atoms with Crippen LogP contribution in [-0.4, -0.2) is 17.6 Å². The van der Waals surface area contributed by atoms with Crippen LogP contribution < -0.4 is 4.74 Å². The first-order valence-electron chi connectivity index (χ1n) is 6.20. The number of nitrogens with zero attached hydrogens (tertiary/aromatic N) is 1. The van der Waals surface area contributed by atoms with Gasteiger partial charge in [-0.25, -0.2) is 9.78 Å². The molecule has 104 valence electrons. The summed E-state index contributed by atoms with van der Waals surface area (Å²) in [5.41, 5.74) is 0.961. The van der Waals surface area contributed by atoms with E-state index in [9.17, 15) is 9.18 Å². The number of esters is 1. The molecule has 1 aromatic carbocycles. The van der Waals surface area contributed by atoms with Crippen LogP contribution >= 0.6 is 0 Å². The number of aromatic nitrogens is 1. The van der Waals surface area contributed by atoms with Crippen LogP contribution in [0.25, 0.3) is 0 Å². The van der Waals surface area contributed by atoms with E-state index in [1.807, 2.05) is 0 Å². The number of rotatable bonds is 5. The van der Waals surface area contributed by atoms with E-state index in [-0.39, 0.29) is 12.6 Å². The van der Waals surface area contributed by atoms with Crippen LogP contribution in [0, 0.1) is 5.95 Å². The van der Waals surface area contributed by atoms with Crippen molar-refractivity contribution in [3.8, 4) is 5.75 Å². The smallest absolute Gasteiger partial charge is 0.338 e. The van der Waals surface area contributed by atoms with E-state index >= 15 is 0 Å². The predicted molar refractivity (Wildman–Crippen MR) is 70.9 cm³/mol. The lowest BCUT2D eigenvalue weighted by Crippen LogP contribution is -2.04. The summed E-state index contributed by atoms with van der Waals surface area (Å²) < 4.78 is 23.2. The van der Waals surface area contributed by atoms with Gasteiger partial charge in [0.2, 0.25) is 5.95 Å². The number of hydrogen-bond donors (Lipinski definition) is 0. The Hall–Kier alpha value is -2.43. The lowest BCUT2D eigenvalue weighted by molar-refractivity contribution is 0.0526. The molecule has 0 aliphatic carbocycles. The third-order valence-corrected chi connectivity index (χ3v) is 2.52. The van der Waals surface area contributed by atoms with Gasteiger partial charge in [-0.15, -0.1) is 0 Å². The molecular formula is C15H14FNO3. The summed E-state index contributed by atoms with van der Waals surface area (Å²) in [5.74, 6) is -0.335. The standard InChI is InChI=1S/C15H14FNO3/c1-2-19-15(18)11-6-8-13(9-7-11)20-10-12-4-3-5-14(16)17-12/h3-9H,2,10H2,1H3. The van der Waals surface area contributed by atoms with Gasteiger partial charge in [-0.1, -0.05) is 6.07 Å². The van der Waals surface area contributed by atoms with Crippen LogP contribution in [0.1, 0.15) is 23.0 Å². The molecular weight excluding hydrogens is 261 g/mol. The van der Waals surface area contributed by atoms with E-state index in [0.717, 1.165) is 0 Å². The zero-order valence-electron chi connectivity index (χ0n) is 11.0. The molecule has 0 atom stereocenters. The Balaban J connectivity index is 1.95. The molecule has 1 heterocycles. The Morgan fingerprint density at radius 1 is 1.20 bits per heavy atom.